The van der Waals surface area contributed by atoms with Gasteiger partial charge in [-0.1, -0.05) is 12.8 Å². The molecule has 1 fully saturated rings. The van der Waals surface area contributed by atoms with Crippen LogP contribution < -0.4 is 5.73 Å². The van der Waals surface area contributed by atoms with Crippen molar-refractivity contribution in [3.63, 3.8) is 0 Å². The summed E-state index contributed by atoms with van der Waals surface area (Å²) in [6.45, 7) is 0. The van der Waals surface area contributed by atoms with Crippen LogP contribution in [0.2, 0.25) is 0 Å². The highest BCUT2D eigenvalue weighted by atomic mass is 19.4. The van der Waals surface area contributed by atoms with Gasteiger partial charge in [0.25, 0.3) is 0 Å². The van der Waals surface area contributed by atoms with Gasteiger partial charge < -0.3 is 15.9 Å². The third kappa shape index (κ3) is 2.12. The first-order valence-electron chi connectivity index (χ1n) is 5.66. The zero-order valence-electron chi connectivity index (χ0n) is 9.59. The minimum absolute atomic E-state index is 0.0210. The molecule has 0 amide bonds. The van der Waals surface area contributed by atoms with E-state index in [9.17, 15) is 23.4 Å². The molecule has 18 heavy (non-hydrogen) atoms. The Labute approximate surface area is 102 Å². The van der Waals surface area contributed by atoms with E-state index in [0.717, 1.165) is 18.9 Å². The molecule has 0 aromatic heterocycles. The highest BCUT2D eigenvalue weighted by Crippen LogP contribution is 2.46. The number of phenolic OH excluding ortho intramolecular Hbond substituents is 2. The van der Waals surface area contributed by atoms with Crippen LogP contribution in [-0.4, -0.2) is 10.2 Å². The van der Waals surface area contributed by atoms with Crippen LogP contribution in [0.25, 0.3) is 0 Å². The Balaban J connectivity index is 2.58. The Hall–Kier alpha value is -1.43. The average molecular weight is 261 g/mol. The topological polar surface area (TPSA) is 66.5 Å². The molecule has 1 aliphatic carbocycles. The van der Waals surface area contributed by atoms with Gasteiger partial charge in [-0.25, -0.2) is 0 Å². The molecule has 3 nitrogen and oxygen atoms in total. The number of alkyl halides is 3. The number of aromatic hydroxyl groups is 2. The SMILES string of the molecule is NC1(c2cc(O)cc(C(F)(F)F)c2O)CCCC1. The molecule has 2 rings (SSSR count). The fourth-order valence-electron chi connectivity index (χ4n) is 2.49. The largest absolute Gasteiger partial charge is 0.508 e. The molecule has 4 N–H and O–H groups in total. The van der Waals surface area contributed by atoms with Gasteiger partial charge >= 0.3 is 6.18 Å². The summed E-state index contributed by atoms with van der Waals surface area (Å²) in [5.41, 5.74) is 3.78. The molecule has 0 radical (unpaired) electrons. The third-order valence-corrected chi connectivity index (χ3v) is 3.43. The van der Waals surface area contributed by atoms with Crippen molar-refractivity contribution in [3.05, 3.63) is 23.3 Å². The number of halogens is 3. The van der Waals surface area contributed by atoms with Crippen LogP contribution in [-0.2, 0) is 11.7 Å². The Morgan fingerprint density at radius 2 is 1.67 bits per heavy atom. The van der Waals surface area contributed by atoms with E-state index in [1.165, 1.54) is 0 Å². The van der Waals surface area contributed by atoms with Gasteiger partial charge in [0.2, 0.25) is 0 Å². The van der Waals surface area contributed by atoms with Crippen molar-refractivity contribution in [2.75, 3.05) is 0 Å². The van der Waals surface area contributed by atoms with Crippen LogP contribution >= 0.6 is 0 Å². The van der Waals surface area contributed by atoms with Crippen LogP contribution in [0.15, 0.2) is 12.1 Å². The first kappa shape index (κ1) is 13.0. The first-order valence-corrected chi connectivity index (χ1v) is 5.66. The van der Waals surface area contributed by atoms with Gasteiger partial charge in [-0.3, -0.25) is 0 Å². The molecule has 0 bridgehead atoms. The highest BCUT2D eigenvalue weighted by molar-refractivity contribution is 5.50. The van der Waals surface area contributed by atoms with E-state index in [1.54, 1.807) is 0 Å². The second-order valence-electron chi connectivity index (χ2n) is 4.75. The van der Waals surface area contributed by atoms with Crippen molar-refractivity contribution < 1.29 is 23.4 Å². The van der Waals surface area contributed by atoms with Gasteiger partial charge in [0.05, 0.1) is 0 Å². The zero-order valence-corrected chi connectivity index (χ0v) is 9.59. The molecule has 1 aromatic rings. The third-order valence-electron chi connectivity index (χ3n) is 3.43. The van der Waals surface area contributed by atoms with Crippen molar-refractivity contribution in [2.24, 2.45) is 5.73 Å². The molecule has 0 atom stereocenters. The van der Waals surface area contributed by atoms with Crippen molar-refractivity contribution >= 4 is 0 Å². The molecule has 6 heteroatoms. The molecule has 0 heterocycles. The number of benzene rings is 1. The maximum Gasteiger partial charge on any atom is 0.420 e. The summed E-state index contributed by atoms with van der Waals surface area (Å²) in [4.78, 5) is 0. The quantitative estimate of drug-likeness (QED) is 0.681. The van der Waals surface area contributed by atoms with E-state index < -0.39 is 28.8 Å². The van der Waals surface area contributed by atoms with Crippen molar-refractivity contribution in [3.8, 4) is 11.5 Å². The lowest BCUT2D eigenvalue weighted by Gasteiger charge is -2.26. The zero-order chi connectivity index (χ0) is 13.6. The Morgan fingerprint density at radius 1 is 1.11 bits per heavy atom. The predicted molar refractivity (Wildman–Crippen MR) is 59.1 cm³/mol. The van der Waals surface area contributed by atoms with Crippen molar-refractivity contribution in [1.82, 2.24) is 0 Å². The maximum absolute atomic E-state index is 12.7. The van der Waals surface area contributed by atoms with Gasteiger partial charge in [0, 0.05) is 11.1 Å². The van der Waals surface area contributed by atoms with Gasteiger partial charge in [-0.15, -0.1) is 0 Å². The van der Waals surface area contributed by atoms with Crippen LogP contribution in [0.3, 0.4) is 0 Å². The molecule has 1 aliphatic rings. The average Bonchev–Trinajstić information content (AvgIpc) is 2.67. The lowest BCUT2D eigenvalue weighted by Crippen LogP contribution is -2.33. The van der Waals surface area contributed by atoms with E-state index in [-0.39, 0.29) is 5.56 Å². The normalized spacial score (nSPS) is 19.1. The van der Waals surface area contributed by atoms with Gasteiger partial charge in [-0.05, 0) is 25.0 Å². The lowest BCUT2D eigenvalue weighted by molar-refractivity contribution is -0.139. The Bertz CT molecular complexity index is 465. The van der Waals surface area contributed by atoms with Crippen LogP contribution in [0.1, 0.15) is 36.8 Å². The van der Waals surface area contributed by atoms with Gasteiger partial charge in [-0.2, -0.15) is 13.2 Å². The van der Waals surface area contributed by atoms with E-state index in [0.29, 0.717) is 18.9 Å². The standard InChI is InChI=1S/C12H14F3NO2/c13-12(14,15)9-6-7(17)5-8(10(9)18)11(16)3-1-2-4-11/h5-6,17-18H,1-4,16H2. The molecule has 0 aliphatic heterocycles. The molecule has 100 valence electrons. The number of nitrogens with two attached hydrogens (primary N) is 1. The van der Waals surface area contributed by atoms with Crippen LogP contribution in [0, 0.1) is 0 Å². The summed E-state index contributed by atoms with van der Waals surface area (Å²) in [5, 5.41) is 19.2. The fourth-order valence-corrected chi connectivity index (χ4v) is 2.49. The van der Waals surface area contributed by atoms with E-state index in [1.807, 2.05) is 0 Å². The van der Waals surface area contributed by atoms with Gasteiger partial charge in [0.1, 0.15) is 17.1 Å². The highest BCUT2D eigenvalue weighted by Gasteiger charge is 2.40. The molecule has 1 saturated carbocycles. The Morgan fingerprint density at radius 3 is 2.17 bits per heavy atom. The number of hydrogen-bond acceptors (Lipinski definition) is 3. The summed E-state index contributed by atoms with van der Waals surface area (Å²) in [6, 6.07) is 1.63. The first-order chi connectivity index (χ1) is 8.24. The summed E-state index contributed by atoms with van der Waals surface area (Å²) in [5.74, 6) is -1.41. The van der Waals surface area contributed by atoms with Crippen LogP contribution in [0.4, 0.5) is 13.2 Å². The number of phenols is 2. The second kappa shape index (κ2) is 4.05. The fraction of sp³-hybridized carbons (Fsp3) is 0.500. The molecule has 0 spiro atoms. The molecule has 0 unspecified atom stereocenters. The summed E-state index contributed by atoms with van der Waals surface area (Å²) in [6.07, 6.45) is -2.12. The monoisotopic (exact) mass is 261 g/mol. The Kier molecular flexibility index (Phi) is 2.93. The summed E-state index contributed by atoms with van der Waals surface area (Å²) < 4.78 is 38.1. The summed E-state index contributed by atoms with van der Waals surface area (Å²) in [7, 11) is 0. The number of hydrogen-bond donors (Lipinski definition) is 3. The predicted octanol–water partition coefficient (Wildman–Crippen LogP) is 2.84. The van der Waals surface area contributed by atoms with E-state index in [2.05, 4.69) is 0 Å². The molecule has 0 saturated heterocycles. The van der Waals surface area contributed by atoms with Crippen molar-refractivity contribution in [2.45, 2.75) is 37.4 Å². The van der Waals surface area contributed by atoms with Gasteiger partial charge in [0.15, 0.2) is 0 Å². The minimum atomic E-state index is -4.72. The van der Waals surface area contributed by atoms with E-state index >= 15 is 0 Å². The minimum Gasteiger partial charge on any atom is -0.508 e. The smallest absolute Gasteiger partial charge is 0.420 e. The molecular weight excluding hydrogens is 247 g/mol. The van der Waals surface area contributed by atoms with E-state index in [4.69, 9.17) is 5.73 Å². The summed E-state index contributed by atoms with van der Waals surface area (Å²) >= 11 is 0. The number of rotatable bonds is 1. The maximum atomic E-state index is 12.7. The van der Waals surface area contributed by atoms with Crippen molar-refractivity contribution in [1.29, 1.82) is 0 Å². The molecule has 1 aromatic carbocycles. The van der Waals surface area contributed by atoms with Crippen LogP contribution in [0.5, 0.6) is 11.5 Å². The lowest BCUT2D eigenvalue weighted by atomic mass is 9.87. The second-order valence-corrected chi connectivity index (χ2v) is 4.75. The molecular formula is C12H14F3NO2.